The molecule has 0 aliphatic heterocycles. The van der Waals surface area contributed by atoms with Crippen LogP contribution in [-0.2, 0) is 10.0 Å². The molecule has 5 aliphatic carbocycles. The second-order valence-corrected chi connectivity index (χ2v) is 20.4. The van der Waals surface area contributed by atoms with Crippen LogP contribution in [0.4, 0.5) is 0 Å². The van der Waals surface area contributed by atoms with E-state index in [1.165, 1.54) is 48.3 Å². The van der Waals surface area contributed by atoms with Crippen LogP contribution < -0.4 is 4.72 Å². The van der Waals surface area contributed by atoms with E-state index in [0.717, 1.165) is 50.5 Å². The van der Waals surface area contributed by atoms with Crippen molar-refractivity contribution in [2.75, 3.05) is 6.54 Å². The van der Waals surface area contributed by atoms with Crippen molar-refractivity contribution in [1.29, 1.82) is 0 Å². The molecule has 0 saturated heterocycles. The van der Waals surface area contributed by atoms with Gasteiger partial charge in [0.2, 0.25) is 10.0 Å². The van der Waals surface area contributed by atoms with Crippen molar-refractivity contribution in [3.8, 4) is 0 Å². The number of fused-ring (bicyclic) bond motifs is 7. The average Bonchev–Trinajstić information content (AvgIpc) is 3.48. The Morgan fingerprint density at radius 3 is 2.00 bits per heavy atom. The van der Waals surface area contributed by atoms with Gasteiger partial charge in [-0.15, -0.1) is 0 Å². The van der Waals surface area contributed by atoms with E-state index in [0.29, 0.717) is 41.7 Å². The minimum atomic E-state index is -3.82. The fourth-order valence-electron chi connectivity index (χ4n) is 13.6. The van der Waals surface area contributed by atoms with Crippen molar-refractivity contribution in [3.05, 3.63) is 83.4 Å². The third kappa shape index (κ3) is 5.39. The smallest absolute Gasteiger partial charge is 0.335 e. The average molecular weight is 728 g/mol. The first-order chi connectivity index (χ1) is 24.3. The molecule has 9 unspecified atom stereocenters. The molecule has 2 aromatic rings. The number of nitrogens with one attached hydrogen (secondary N) is 1. The topological polar surface area (TPSA) is 121 Å². The molecular weight excluding hydrogens is 671 g/mol. The van der Waals surface area contributed by atoms with Crippen LogP contribution in [0.2, 0.25) is 0 Å². The Kier molecular flexibility index (Phi) is 8.85. The van der Waals surface area contributed by atoms with Gasteiger partial charge in [0.05, 0.1) is 16.0 Å². The summed E-state index contributed by atoms with van der Waals surface area (Å²) in [5, 5.41) is 18.8. The first-order valence-electron chi connectivity index (χ1n) is 19.3. The summed E-state index contributed by atoms with van der Waals surface area (Å²) in [6.45, 7) is 19.7. The summed E-state index contributed by atoms with van der Waals surface area (Å²) in [6.07, 6.45) is 12.2. The van der Waals surface area contributed by atoms with Crippen LogP contribution in [0.1, 0.15) is 126 Å². The molecular formula is C44H57NO6S. The van der Waals surface area contributed by atoms with Gasteiger partial charge in [-0.1, -0.05) is 65.0 Å². The van der Waals surface area contributed by atoms with Crippen molar-refractivity contribution in [2.24, 2.45) is 56.7 Å². The molecule has 4 saturated carbocycles. The predicted octanol–water partition coefficient (Wildman–Crippen LogP) is 9.71. The van der Waals surface area contributed by atoms with E-state index in [1.54, 1.807) is 12.1 Å². The number of carboxylic acids is 2. The van der Waals surface area contributed by atoms with E-state index in [9.17, 15) is 28.2 Å². The minimum Gasteiger partial charge on any atom is -0.478 e. The second kappa shape index (κ2) is 12.4. The highest BCUT2D eigenvalue weighted by Crippen LogP contribution is 2.77. The van der Waals surface area contributed by atoms with Gasteiger partial charge < -0.3 is 10.2 Å². The molecule has 52 heavy (non-hydrogen) atoms. The third-order valence-electron chi connectivity index (χ3n) is 16.3. The van der Waals surface area contributed by atoms with Crippen LogP contribution >= 0.6 is 0 Å². The Labute approximate surface area is 310 Å². The zero-order valence-electron chi connectivity index (χ0n) is 31.8. The maximum absolute atomic E-state index is 13.6. The van der Waals surface area contributed by atoms with E-state index in [1.807, 2.05) is 12.1 Å². The lowest BCUT2D eigenvalue weighted by Crippen LogP contribution is -2.66. The van der Waals surface area contributed by atoms with E-state index in [2.05, 4.69) is 58.9 Å². The van der Waals surface area contributed by atoms with E-state index in [-0.39, 0.29) is 37.5 Å². The molecule has 0 radical (unpaired) electrons. The maximum atomic E-state index is 13.6. The van der Waals surface area contributed by atoms with Gasteiger partial charge in [-0.25, -0.2) is 22.7 Å². The summed E-state index contributed by atoms with van der Waals surface area (Å²) in [4.78, 5) is 23.0. The summed E-state index contributed by atoms with van der Waals surface area (Å²) >= 11 is 0. The number of hydrogen-bond donors (Lipinski definition) is 3. The van der Waals surface area contributed by atoms with Crippen LogP contribution in [0.15, 0.2) is 71.7 Å². The molecule has 0 bridgehead atoms. The summed E-state index contributed by atoms with van der Waals surface area (Å²) in [7, 11) is -3.82. The van der Waals surface area contributed by atoms with Crippen LogP contribution in [0.5, 0.6) is 0 Å². The molecule has 2 aromatic carbocycles. The summed E-state index contributed by atoms with van der Waals surface area (Å²) in [6, 6.07) is 12.9. The predicted molar refractivity (Wildman–Crippen MR) is 204 cm³/mol. The number of rotatable bonds is 8. The van der Waals surface area contributed by atoms with Crippen molar-refractivity contribution < 1.29 is 28.2 Å². The van der Waals surface area contributed by atoms with Crippen molar-refractivity contribution in [2.45, 2.75) is 104 Å². The molecule has 0 spiro atoms. The first kappa shape index (κ1) is 37.1. The van der Waals surface area contributed by atoms with Gasteiger partial charge in [0, 0.05) is 6.54 Å². The highest BCUT2D eigenvalue weighted by Gasteiger charge is 2.70. The van der Waals surface area contributed by atoms with Gasteiger partial charge in [0.15, 0.2) is 0 Å². The Hall–Kier alpha value is -3.23. The minimum absolute atomic E-state index is 0.0554. The first-order valence-corrected chi connectivity index (χ1v) is 20.8. The van der Waals surface area contributed by atoms with Gasteiger partial charge in [0.25, 0.3) is 0 Å². The summed E-state index contributed by atoms with van der Waals surface area (Å²) in [5.41, 5.74) is 4.27. The molecule has 0 amide bonds. The number of hydrogen-bond acceptors (Lipinski definition) is 4. The highest BCUT2D eigenvalue weighted by molar-refractivity contribution is 7.89. The van der Waals surface area contributed by atoms with E-state index in [4.69, 9.17) is 0 Å². The molecule has 8 heteroatoms. The second-order valence-electron chi connectivity index (χ2n) is 18.6. The number of sulfonamides is 1. The van der Waals surface area contributed by atoms with Crippen LogP contribution in [0, 0.1) is 56.7 Å². The van der Waals surface area contributed by atoms with Gasteiger partial charge in [-0.05, 0) is 169 Å². The molecule has 9 atom stereocenters. The number of carboxylic acid groups (broad SMARTS) is 2. The summed E-state index contributed by atoms with van der Waals surface area (Å²) < 4.78 is 30.3. The molecule has 0 aromatic heterocycles. The number of allylic oxidation sites excluding steroid dienone is 3. The normalized spacial score (nSPS) is 37.8. The Morgan fingerprint density at radius 2 is 1.40 bits per heavy atom. The van der Waals surface area contributed by atoms with Crippen molar-refractivity contribution in [1.82, 2.24) is 4.72 Å². The molecule has 7 rings (SSSR count). The molecule has 7 nitrogen and oxygen atoms in total. The fraction of sp³-hybridized carbons (Fsp3) is 0.591. The molecule has 0 heterocycles. The van der Waals surface area contributed by atoms with Crippen molar-refractivity contribution >= 4 is 27.5 Å². The van der Waals surface area contributed by atoms with Crippen LogP contribution in [-0.4, -0.2) is 37.1 Å². The standard InChI is InChI=1S/C44H57NO6S/c1-27(2)32-18-23-44(26-45-52(50,51)31-14-12-30(13-15-31)39(48)49)25-24-42(6)34(37(32)44)16-17-36-41(5)21-19-33(28-8-10-29(11-9-28)38(46)47)40(3,4)35(41)20-22-43(36,42)7/h8-15,19,32,34-37,45H,1,16-18,20-26H2,2-7H3,(H,46,47)(H,48,49). The lowest BCUT2D eigenvalue weighted by Gasteiger charge is -2.72. The zero-order valence-corrected chi connectivity index (χ0v) is 32.6. The van der Waals surface area contributed by atoms with Gasteiger partial charge >= 0.3 is 11.9 Å². The highest BCUT2D eigenvalue weighted by atomic mass is 32.2. The largest absolute Gasteiger partial charge is 0.478 e. The number of carbonyl (C=O) groups is 2. The van der Waals surface area contributed by atoms with Gasteiger partial charge in [-0.3, -0.25) is 0 Å². The van der Waals surface area contributed by atoms with Gasteiger partial charge in [0.1, 0.15) is 0 Å². The van der Waals surface area contributed by atoms with Crippen LogP contribution in [0.25, 0.3) is 5.57 Å². The maximum Gasteiger partial charge on any atom is 0.335 e. The Bertz CT molecular complexity index is 1930. The fourth-order valence-corrected chi connectivity index (χ4v) is 14.7. The third-order valence-corrected chi connectivity index (χ3v) is 17.7. The zero-order chi connectivity index (χ0) is 37.6. The molecule has 280 valence electrons. The Morgan fingerprint density at radius 1 is 0.788 bits per heavy atom. The van der Waals surface area contributed by atoms with Crippen molar-refractivity contribution in [3.63, 3.8) is 0 Å². The van der Waals surface area contributed by atoms with E-state index < -0.39 is 22.0 Å². The van der Waals surface area contributed by atoms with Crippen LogP contribution in [0.3, 0.4) is 0 Å². The SMILES string of the molecule is C=C(C)C1CCC2(CNS(=O)(=O)c3ccc(C(=O)O)cc3)CCC3(C)C(CCC4C5(C)CC=C(c6ccc(C(=O)O)cc6)C(C)(C)C5CCC43C)C12. The molecule has 3 N–H and O–H groups in total. The lowest BCUT2D eigenvalue weighted by atomic mass is 9.32. The monoisotopic (exact) mass is 727 g/mol. The molecule has 5 aliphatic rings. The van der Waals surface area contributed by atoms with Gasteiger partial charge in [-0.2, -0.15) is 0 Å². The number of benzene rings is 2. The van der Waals surface area contributed by atoms with E-state index >= 15 is 0 Å². The lowest BCUT2D eigenvalue weighted by molar-refractivity contribution is -0.224. The Balaban J connectivity index is 1.18. The summed E-state index contributed by atoms with van der Waals surface area (Å²) in [5.74, 6) is 0.288. The molecule has 4 fully saturated rings. The number of aromatic carboxylic acids is 2. The quantitative estimate of drug-likeness (QED) is 0.233.